The van der Waals surface area contributed by atoms with Crippen molar-refractivity contribution in [2.24, 2.45) is 0 Å². The minimum atomic E-state index is -0.336. The molecule has 0 fully saturated rings. The molecule has 156 valence electrons. The number of hydrogen-bond acceptors (Lipinski definition) is 4. The number of nitrogens with zero attached hydrogens (tertiary/aromatic N) is 3. The zero-order chi connectivity index (χ0) is 21.4. The van der Waals surface area contributed by atoms with E-state index in [1.807, 2.05) is 71.1 Å². The normalized spacial score (nSPS) is 15.6. The second kappa shape index (κ2) is 7.80. The number of nitrogens with one attached hydrogen (secondary N) is 1. The summed E-state index contributed by atoms with van der Waals surface area (Å²) in [5.41, 5.74) is 5.65. The van der Waals surface area contributed by atoms with Crippen molar-refractivity contribution in [2.75, 3.05) is 5.32 Å². The van der Waals surface area contributed by atoms with Crippen molar-refractivity contribution in [3.05, 3.63) is 107 Å². The summed E-state index contributed by atoms with van der Waals surface area (Å²) in [6, 6.07) is 21.6. The Kier molecular flexibility index (Phi) is 4.82. The standard InChI is InChI=1S/C25H24N4O2/c1-17-23(18(2)29(27-17)15-19-9-4-3-5-10-19)24-26-22-13-7-6-12-21(22)25(30)28(24)16-20-11-8-14-31-20/h3-14,24,26H,15-16H2,1-2H3. The van der Waals surface area contributed by atoms with E-state index in [2.05, 4.69) is 24.4 Å². The Bertz CT molecular complexity index is 1210. The van der Waals surface area contributed by atoms with Crippen molar-refractivity contribution >= 4 is 11.6 Å². The van der Waals surface area contributed by atoms with Gasteiger partial charge in [0.25, 0.3) is 5.91 Å². The molecule has 0 bridgehead atoms. The summed E-state index contributed by atoms with van der Waals surface area (Å²) in [4.78, 5) is 15.3. The van der Waals surface area contributed by atoms with Gasteiger partial charge in [-0.1, -0.05) is 42.5 Å². The Balaban J connectivity index is 1.56. The van der Waals surface area contributed by atoms with Crippen molar-refractivity contribution in [3.63, 3.8) is 0 Å². The highest BCUT2D eigenvalue weighted by Crippen LogP contribution is 2.36. The molecule has 1 aliphatic heterocycles. The third-order valence-electron chi connectivity index (χ3n) is 5.81. The number of rotatable bonds is 5. The number of amides is 1. The largest absolute Gasteiger partial charge is 0.467 e. The number of carbonyl (C=O) groups is 1. The first kappa shape index (κ1) is 19.2. The van der Waals surface area contributed by atoms with Gasteiger partial charge in [-0.3, -0.25) is 9.48 Å². The molecule has 0 aliphatic carbocycles. The fraction of sp³-hybridized carbons (Fsp3) is 0.200. The second-order valence-corrected chi connectivity index (χ2v) is 7.83. The summed E-state index contributed by atoms with van der Waals surface area (Å²) in [6.45, 7) is 5.13. The highest BCUT2D eigenvalue weighted by Gasteiger charge is 2.36. The van der Waals surface area contributed by atoms with Crippen LogP contribution in [0.5, 0.6) is 0 Å². The Hall–Kier alpha value is -3.80. The first-order valence-electron chi connectivity index (χ1n) is 10.4. The summed E-state index contributed by atoms with van der Waals surface area (Å²) < 4.78 is 7.57. The highest BCUT2D eigenvalue weighted by atomic mass is 16.3. The molecule has 0 saturated heterocycles. The van der Waals surface area contributed by atoms with Crippen LogP contribution < -0.4 is 5.32 Å². The van der Waals surface area contributed by atoms with Gasteiger partial charge in [0.05, 0.1) is 30.6 Å². The Morgan fingerprint density at radius 1 is 0.968 bits per heavy atom. The number of para-hydroxylation sites is 1. The van der Waals surface area contributed by atoms with E-state index < -0.39 is 0 Å². The number of aromatic nitrogens is 2. The Labute approximate surface area is 181 Å². The van der Waals surface area contributed by atoms with Gasteiger partial charge in [-0.25, -0.2) is 0 Å². The Morgan fingerprint density at radius 3 is 2.52 bits per heavy atom. The molecule has 1 N–H and O–H groups in total. The summed E-state index contributed by atoms with van der Waals surface area (Å²) in [7, 11) is 0. The lowest BCUT2D eigenvalue weighted by molar-refractivity contribution is 0.0650. The number of hydrogen-bond donors (Lipinski definition) is 1. The smallest absolute Gasteiger partial charge is 0.258 e. The van der Waals surface area contributed by atoms with Crippen molar-refractivity contribution in [3.8, 4) is 0 Å². The number of aryl methyl sites for hydroxylation is 1. The van der Waals surface area contributed by atoms with Gasteiger partial charge in [0, 0.05) is 16.9 Å². The second-order valence-electron chi connectivity index (χ2n) is 7.83. The molecule has 6 nitrogen and oxygen atoms in total. The summed E-state index contributed by atoms with van der Waals surface area (Å²) in [6.07, 6.45) is 1.30. The predicted molar refractivity (Wildman–Crippen MR) is 119 cm³/mol. The molecule has 3 heterocycles. The van der Waals surface area contributed by atoms with E-state index in [1.54, 1.807) is 6.26 Å². The van der Waals surface area contributed by atoms with E-state index in [4.69, 9.17) is 9.52 Å². The summed E-state index contributed by atoms with van der Waals surface area (Å²) in [5.74, 6) is 0.719. The van der Waals surface area contributed by atoms with Crippen LogP contribution in [0.15, 0.2) is 77.4 Å². The average Bonchev–Trinajstić information content (AvgIpc) is 3.39. The number of carbonyl (C=O) groups excluding carboxylic acids is 1. The van der Waals surface area contributed by atoms with E-state index >= 15 is 0 Å². The van der Waals surface area contributed by atoms with Crippen LogP contribution in [0.3, 0.4) is 0 Å². The van der Waals surface area contributed by atoms with E-state index in [0.717, 1.165) is 28.4 Å². The number of furan rings is 1. The highest BCUT2D eigenvalue weighted by molar-refractivity contribution is 6.01. The third kappa shape index (κ3) is 3.50. The molecule has 0 radical (unpaired) electrons. The van der Waals surface area contributed by atoms with Gasteiger partial charge in [0.2, 0.25) is 0 Å². The van der Waals surface area contributed by atoms with Crippen LogP contribution in [0.25, 0.3) is 0 Å². The zero-order valence-electron chi connectivity index (χ0n) is 17.6. The third-order valence-corrected chi connectivity index (χ3v) is 5.81. The molecular weight excluding hydrogens is 388 g/mol. The maximum atomic E-state index is 13.5. The lowest BCUT2D eigenvalue weighted by atomic mass is 10.0. The van der Waals surface area contributed by atoms with Crippen LogP contribution in [0.4, 0.5) is 5.69 Å². The maximum Gasteiger partial charge on any atom is 0.258 e. The lowest BCUT2D eigenvalue weighted by Gasteiger charge is -2.37. The summed E-state index contributed by atoms with van der Waals surface area (Å²) >= 11 is 0. The molecule has 31 heavy (non-hydrogen) atoms. The first-order chi connectivity index (χ1) is 15.1. The van der Waals surface area contributed by atoms with Crippen molar-refractivity contribution in [1.82, 2.24) is 14.7 Å². The maximum absolute atomic E-state index is 13.5. The molecule has 1 aliphatic rings. The topological polar surface area (TPSA) is 63.3 Å². The summed E-state index contributed by atoms with van der Waals surface area (Å²) in [5, 5.41) is 8.38. The van der Waals surface area contributed by atoms with Crippen molar-refractivity contribution < 1.29 is 9.21 Å². The molecule has 5 rings (SSSR count). The number of fused-ring (bicyclic) bond motifs is 1. The molecule has 2 aromatic carbocycles. The van der Waals surface area contributed by atoms with Gasteiger partial charge >= 0.3 is 0 Å². The van der Waals surface area contributed by atoms with Crippen LogP contribution in [0.2, 0.25) is 0 Å². The quantitative estimate of drug-likeness (QED) is 0.506. The van der Waals surface area contributed by atoms with Crippen LogP contribution in [0.1, 0.15) is 44.8 Å². The van der Waals surface area contributed by atoms with Crippen molar-refractivity contribution in [2.45, 2.75) is 33.1 Å². The minimum absolute atomic E-state index is 0.0228. The molecule has 6 heteroatoms. The van der Waals surface area contributed by atoms with Crippen LogP contribution in [0, 0.1) is 13.8 Å². The van der Waals surface area contributed by atoms with Crippen LogP contribution in [-0.4, -0.2) is 20.6 Å². The van der Waals surface area contributed by atoms with Gasteiger partial charge in [-0.15, -0.1) is 0 Å². The van der Waals surface area contributed by atoms with E-state index in [-0.39, 0.29) is 12.1 Å². The van der Waals surface area contributed by atoms with Gasteiger partial charge in [-0.2, -0.15) is 5.10 Å². The van der Waals surface area contributed by atoms with Gasteiger partial charge < -0.3 is 14.6 Å². The molecule has 1 amide bonds. The van der Waals surface area contributed by atoms with Crippen molar-refractivity contribution in [1.29, 1.82) is 0 Å². The van der Waals surface area contributed by atoms with Crippen LogP contribution >= 0.6 is 0 Å². The molecule has 0 spiro atoms. The fourth-order valence-electron chi connectivity index (χ4n) is 4.27. The first-order valence-corrected chi connectivity index (χ1v) is 10.4. The lowest BCUT2D eigenvalue weighted by Crippen LogP contribution is -2.42. The average molecular weight is 412 g/mol. The molecule has 0 saturated carbocycles. The van der Waals surface area contributed by atoms with E-state index in [0.29, 0.717) is 18.7 Å². The van der Waals surface area contributed by atoms with Gasteiger partial charge in [0.15, 0.2) is 0 Å². The van der Waals surface area contributed by atoms with E-state index in [1.165, 1.54) is 5.56 Å². The molecular formula is C25H24N4O2. The van der Waals surface area contributed by atoms with Gasteiger partial charge in [-0.05, 0) is 43.7 Å². The molecule has 1 unspecified atom stereocenters. The van der Waals surface area contributed by atoms with Crippen LogP contribution in [-0.2, 0) is 13.1 Å². The fourth-order valence-corrected chi connectivity index (χ4v) is 4.27. The van der Waals surface area contributed by atoms with E-state index in [9.17, 15) is 4.79 Å². The number of anilines is 1. The SMILES string of the molecule is Cc1nn(Cc2ccccc2)c(C)c1C1Nc2ccccc2C(=O)N1Cc1ccco1. The Morgan fingerprint density at radius 2 is 1.74 bits per heavy atom. The molecule has 2 aromatic heterocycles. The van der Waals surface area contributed by atoms with Gasteiger partial charge in [0.1, 0.15) is 11.9 Å². The predicted octanol–water partition coefficient (Wildman–Crippen LogP) is 4.91. The number of benzene rings is 2. The molecule has 4 aromatic rings. The monoisotopic (exact) mass is 412 g/mol. The minimum Gasteiger partial charge on any atom is -0.467 e. The molecule has 1 atom stereocenters. The zero-order valence-corrected chi connectivity index (χ0v) is 17.6.